The molecule has 6 heteroatoms. The summed E-state index contributed by atoms with van der Waals surface area (Å²) in [7, 11) is 1.83. The summed E-state index contributed by atoms with van der Waals surface area (Å²) in [6, 6.07) is 4.58. The van der Waals surface area contributed by atoms with E-state index in [1.54, 1.807) is 11.0 Å². The molecule has 1 aliphatic rings. The minimum Gasteiger partial charge on any atom is -0.339 e. The van der Waals surface area contributed by atoms with E-state index in [-0.39, 0.29) is 30.2 Å². The number of piperidine rings is 1. The molecule has 0 aliphatic carbocycles. The minimum absolute atomic E-state index is 0. The molecule has 1 saturated heterocycles. The summed E-state index contributed by atoms with van der Waals surface area (Å²) in [4.78, 5) is 14.1. The van der Waals surface area contributed by atoms with Crippen LogP contribution in [0.25, 0.3) is 0 Å². The summed E-state index contributed by atoms with van der Waals surface area (Å²) < 4.78 is 13.7. The van der Waals surface area contributed by atoms with E-state index in [0.29, 0.717) is 9.13 Å². The molecule has 0 unspecified atom stereocenters. The Kier molecular flexibility index (Phi) is 6.49. The quantitative estimate of drug-likeness (QED) is 0.777. The number of rotatable bonds is 2. The van der Waals surface area contributed by atoms with Crippen LogP contribution in [0.5, 0.6) is 0 Å². The van der Waals surface area contributed by atoms with Gasteiger partial charge in [0.2, 0.25) is 0 Å². The van der Waals surface area contributed by atoms with Gasteiger partial charge >= 0.3 is 0 Å². The predicted octanol–water partition coefficient (Wildman–Crippen LogP) is 2.68. The zero-order valence-corrected chi connectivity index (χ0v) is 13.6. The molecule has 1 aromatic carbocycles. The number of carbonyl (C=O) groups is 1. The molecule has 106 valence electrons. The first-order valence-corrected chi connectivity index (χ1v) is 7.10. The Hall–Kier alpha value is -0.400. The summed E-state index contributed by atoms with van der Waals surface area (Å²) in [5.74, 6) is -0.327. The Morgan fingerprint density at radius 2 is 2.05 bits per heavy atom. The fourth-order valence-corrected chi connectivity index (χ4v) is 2.92. The highest BCUT2D eigenvalue weighted by Crippen LogP contribution is 2.19. The van der Waals surface area contributed by atoms with Gasteiger partial charge in [0.15, 0.2) is 0 Å². The summed E-state index contributed by atoms with van der Waals surface area (Å²) in [6.07, 6.45) is 1.94. The molecule has 19 heavy (non-hydrogen) atoms. The number of benzene rings is 1. The van der Waals surface area contributed by atoms with Crippen LogP contribution < -0.4 is 5.32 Å². The maximum Gasteiger partial charge on any atom is 0.254 e. The number of hydrogen-bond acceptors (Lipinski definition) is 2. The lowest BCUT2D eigenvalue weighted by Gasteiger charge is -2.31. The molecule has 0 atom stereocenters. The van der Waals surface area contributed by atoms with Crippen molar-refractivity contribution >= 4 is 40.9 Å². The zero-order valence-electron chi connectivity index (χ0n) is 10.7. The van der Waals surface area contributed by atoms with Crippen molar-refractivity contribution in [3.05, 3.63) is 33.1 Å². The van der Waals surface area contributed by atoms with Gasteiger partial charge in [0.25, 0.3) is 5.91 Å². The Balaban J connectivity index is 0.00000180. The highest BCUT2D eigenvalue weighted by Gasteiger charge is 2.24. The van der Waals surface area contributed by atoms with Crippen molar-refractivity contribution in [3.8, 4) is 0 Å². The highest BCUT2D eigenvalue weighted by atomic mass is 127. The number of carbonyl (C=O) groups excluding carboxylic acids is 1. The highest BCUT2D eigenvalue weighted by molar-refractivity contribution is 14.1. The second-order valence-electron chi connectivity index (χ2n) is 4.52. The van der Waals surface area contributed by atoms with Crippen molar-refractivity contribution in [2.75, 3.05) is 20.1 Å². The molecule has 3 nitrogen and oxygen atoms in total. The topological polar surface area (TPSA) is 32.3 Å². The number of nitrogens with one attached hydrogen (secondary N) is 1. The molecule has 1 N–H and O–H groups in total. The fourth-order valence-electron chi connectivity index (χ4n) is 2.21. The van der Waals surface area contributed by atoms with Crippen LogP contribution in [-0.4, -0.2) is 37.0 Å². The largest absolute Gasteiger partial charge is 0.339 e. The lowest BCUT2D eigenvalue weighted by atomic mass is 10.0. The van der Waals surface area contributed by atoms with Crippen molar-refractivity contribution in [1.82, 2.24) is 10.2 Å². The zero-order chi connectivity index (χ0) is 13.1. The molecule has 1 heterocycles. The van der Waals surface area contributed by atoms with Gasteiger partial charge in [0.1, 0.15) is 5.82 Å². The third-order valence-electron chi connectivity index (χ3n) is 3.34. The van der Waals surface area contributed by atoms with Gasteiger partial charge in [-0.25, -0.2) is 4.39 Å². The van der Waals surface area contributed by atoms with Gasteiger partial charge in [-0.3, -0.25) is 4.79 Å². The van der Waals surface area contributed by atoms with E-state index in [0.717, 1.165) is 25.9 Å². The normalized spacial score (nSPS) is 15.7. The molecule has 1 amide bonds. The van der Waals surface area contributed by atoms with Crippen molar-refractivity contribution in [2.45, 2.75) is 18.9 Å². The lowest BCUT2D eigenvalue weighted by molar-refractivity contribution is 0.0702. The SMILES string of the molecule is CN(C(=O)c1ccc(F)cc1I)C1CCNCC1.Cl. The summed E-state index contributed by atoms with van der Waals surface area (Å²) in [5.41, 5.74) is 0.582. The van der Waals surface area contributed by atoms with E-state index < -0.39 is 0 Å². The Morgan fingerprint density at radius 3 is 2.63 bits per heavy atom. The van der Waals surface area contributed by atoms with Gasteiger partial charge < -0.3 is 10.2 Å². The maximum atomic E-state index is 13.0. The van der Waals surface area contributed by atoms with Gasteiger partial charge in [-0.1, -0.05) is 0 Å². The van der Waals surface area contributed by atoms with Crippen LogP contribution in [0.15, 0.2) is 18.2 Å². The lowest BCUT2D eigenvalue weighted by Crippen LogP contribution is -2.44. The van der Waals surface area contributed by atoms with Gasteiger partial charge in [0, 0.05) is 16.7 Å². The molecule has 1 aromatic rings. The molecule has 0 radical (unpaired) electrons. The average Bonchev–Trinajstić information content (AvgIpc) is 2.38. The van der Waals surface area contributed by atoms with Crippen LogP contribution >= 0.6 is 35.0 Å². The van der Waals surface area contributed by atoms with Crippen LogP contribution in [0, 0.1) is 9.39 Å². The maximum absolute atomic E-state index is 13.0. The number of halogens is 3. The van der Waals surface area contributed by atoms with E-state index in [1.165, 1.54) is 12.1 Å². The van der Waals surface area contributed by atoms with Crippen LogP contribution in [0.1, 0.15) is 23.2 Å². The first-order valence-electron chi connectivity index (χ1n) is 6.02. The first kappa shape index (κ1) is 16.7. The molecule has 0 saturated carbocycles. The molecule has 2 rings (SSSR count). The molecule has 0 bridgehead atoms. The van der Waals surface area contributed by atoms with Crippen LogP contribution in [0.2, 0.25) is 0 Å². The molecule has 1 fully saturated rings. The van der Waals surface area contributed by atoms with Crippen molar-refractivity contribution < 1.29 is 9.18 Å². The number of nitrogens with zero attached hydrogens (tertiary/aromatic N) is 1. The van der Waals surface area contributed by atoms with Gasteiger partial charge in [-0.2, -0.15) is 0 Å². The van der Waals surface area contributed by atoms with Crippen molar-refractivity contribution in [2.24, 2.45) is 0 Å². The monoisotopic (exact) mass is 398 g/mol. The Morgan fingerprint density at radius 1 is 1.42 bits per heavy atom. The smallest absolute Gasteiger partial charge is 0.254 e. The summed E-state index contributed by atoms with van der Waals surface area (Å²) in [5, 5.41) is 3.28. The second-order valence-corrected chi connectivity index (χ2v) is 5.68. The molecule has 0 spiro atoms. The van der Waals surface area contributed by atoms with E-state index in [1.807, 2.05) is 29.6 Å². The standard InChI is InChI=1S/C13H16FIN2O.ClH/c1-17(10-4-6-16-7-5-10)13(18)11-3-2-9(14)8-12(11)15;/h2-3,8,10,16H,4-7H2,1H3;1H. The number of hydrogen-bond donors (Lipinski definition) is 1. The van der Waals surface area contributed by atoms with E-state index in [4.69, 9.17) is 0 Å². The third-order valence-corrected chi connectivity index (χ3v) is 4.23. The van der Waals surface area contributed by atoms with E-state index in [9.17, 15) is 9.18 Å². The van der Waals surface area contributed by atoms with Crippen LogP contribution in [0.4, 0.5) is 4.39 Å². The van der Waals surface area contributed by atoms with Crippen molar-refractivity contribution in [1.29, 1.82) is 0 Å². The molecule has 1 aliphatic heterocycles. The Labute approximate surface area is 132 Å². The van der Waals surface area contributed by atoms with Crippen LogP contribution in [0.3, 0.4) is 0 Å². The molecular formula is C13H17ClFIN2O. The second kappa shape index (κ2) is 7.40. The van der Waals surface area contributed by atoms with Crippen molar-refractivity contribution in [3.63, 3.8) is 0 Å². The van der Waals surface area contributed by atoms with Gasteiger partial charge in [0.05, 0.1) is 5.56 Å². The predicted molar refractivity (Wildman–Crippen MR) is 84.4 cm³/mol. The minimum atomic E-state index is -0.305. The van der Waals surface area contributed by atoms with E-state index >= 15 is 0 Å². The fraction of sp³-hybridized carbons (Fsp3) is 0.462. The van der Waals surface area contributed by atoms with Crippen LogP contribution in [-0.2, 0) is 0 Å². The average molecular weight is 399 g/mol. The summed E-state index contributed by atoms with van der Waals surface area (Å²) in [6.45, 7) is 1.89. The first-order chi connectivity index (χ1) is 8.59. The van der Waals surface area contributed by atoms with Gasteiger partial charge in [-0.05, 0) is 66.7 Å². The molecular weight excluding hydrogens is 382 g/mol. The third kappa shape index (κ3) is 4.03. The van der Waals surface area contributed by atoms with E-state index in [2.05, 4.69) is 5.32 Å². The summed E-state index contributed by atoms with van der Waals surface area (Å²) >= 11 is 2.01. The van der Waals surface area contributed by atoms with Gasteiger partial charge in [-0.15, -0.1) is 12.4 Å². The number of amides is 1. The Bertz CT molecular complexity index is 452. The molecule has 0 aromatic heterocycles.